The smallest absolute Gasteiger partial charge is 0.437 e. The Hall–Kier alpha value is -2.62. The molecule has 1 aliphatic heterocycles. The number of rotatable bonds is 4. The van der Waals surface area contributed by atoms with Gasteiger partial charge < -0.3 is 14.1 Å². The van der Waals surface area contributed by atoms with E-state index < -0.39 is 16.8 Å². The maximum Gasteiger partial charge on any atom is 0.437 e. The largest absolute Gasteiger partial charge is 0.468 e. The van der Waals surface area contributed by atoms with Gasteiger partial charge >= 0.3 is 11.7 Å². The van der Waals surface area contributed by atoms with Crippen LogP contribution < -0.4 is 5.76 Å². The molecule has 0 spiro atoms. The zero-order valence-electron chi connectivity index (χ0n) is 13.9. The molecule has 0 N–H and O–H groups in total. The van der Waals surface area contributed by atoms with Crippen LogP contribution in [0.15, 0.2) is 33.5 Å². The lowest BCUT2D eigenvalue weighted by atomic mass is 10.2. The normalized spacial score (nSPS) is 17.2. The van der Waals surface area contributed by atoms with Gasteiger partial charge in [0.1, 0.15) is 17.6 Å². The van der Waals surface area contributed by atoms with Gasteiger partial charge in [-0.3, -0.25) is 9.59 Å². The predicted octanol–water partition coefficient (Wildman–Crippen LogP) is 0.759. The van der Waals surface area contributed by atoms with Crippen LogP contribution in [0, 0.1) is 5.82 Å². The van der Waals surface area contributed by atoms with Crippen molar-refractivity contribution in [2.45, 2.75) is 11.8 Å². The monoisotopic (exact) mass is 381 g/mol. The first kappa shape index (κ1) is 18.2. The van der Waals surface area contributed by atoms with Gasteiger partial charge in [-0.2, -0.15) is 4.68 Å². The van der Waals surface area contributed by atoms with Crippen molar-refractivity contribution in [2.75, 3.05) is 26.0 Å². The predicted molar refractivity (Wildman–Crippen MR) is 91.0 cm³/mol. The van der Waals surface area contributed by atoms with Gasteiger partial charge in [0.25, 0.3) is 0 Å². The summed E-state index contributed by atoms with van der Waals surface area (Å²) in [5.41, 5.74) is 0.426. The molecule has 10 heteroatoms. The van der Waals surface area contributed by atoms with Crippen molar-refractivity contribution >= 4 is 23.6 Å². The molecule has 1 aromatic carbocycles. The summed E-state index contributed by atoms with van der Waals surface area (Å²) in [4.78, 5) is 37.5. The Morgan fingerprint density at radius 1 is 1.38 bits per heavy atom. The minimum absolute atomic E-state index is 0.00411. The molecule has 8 nitrogen and oxygen atoms in total. The van der Waals surface area contributed by atoms with Crippen molar-refractivity contribution in [2.24, 2.45) is 0 Å². The van der Waals surface area contributed by atoms with Crippen molar-refractivity contribution in [3.63, 3.8) is 0 Å². The van der Waals surface area contributed by atoms with Crippen molar-refractivity contribution in [3.8, 4) is 11.5 Å². The van der Waals surface area contributed by atoms with Crippen LogP contribution >= 0.6 is 11.8 Å². The van der Waals surface area contributed by atoms with Gasteiger partial charge in [0, 0.05) is 24.4 Å². The van der Waals surface area contributed by atoms with E-state index in [9.17, 15) is 18.8 Å². The number of carbonyl (C=O) groups excluding carboxylic acids is 2. The maximum absolute atomic E-state index is 13.0. The first-order chi connectivity index (χ1) is 12.5. The molecule has 0 unspecified atom stereocenters. The van der Waals surface area contributed by atoms with Crippen LogP contribution in [0.3, 0.4) is 0 Å². The zero-order chi connectivity index (χ0) is 18.7. The van der Waals surface area contributed by atoms with Crippen LogP contribution in [-0.4, -0.2) is 57.8 Å². The Morgan fingerprint density at radius 3 is 2.81 bits per heavy atom. The first-order valence-electron chi connectivity index (χ1n) is 7.79. The van der Waals surface area contributed by atoms with Crippen LogP contribution in [0.25, 0.3) is 11.5 Å². The van der Waals surface area contributed by atoms with E-state index in [1.807, 2.05) is 0 Å². The third-order valence-corrected chi connectivity index (χ3v) is 5.03. The number of benzene rings is 1. The van der Waals surface area contributed by atoms with Crippen LogP contribution in [0.1, 0.15) is 0 Å². The first-order valence-corrected chi connectivity index (χ1v) is 8.84. The minimum Gasteiger partial charge on any atom is -0.468 e. The van der Waals surface area contributed by atoms with E-state index in [0.29, 0.717) is 17.9 Å². The van der Waals surface area contributed by atoms with Gasteiger partial charge in [-0.25, -0.2) is 9.18 Å². The number of carbonyl (C=O) groups is 2. The molecule has 1 aromatic heterocycles. The summed E-state index contributed by atoms with van der Waals surface area (Å²) in [7, 11) is 1.30. The highest BCUT2D eigenvalue weighted by Crippen LogP contribution is 2.20. The molecule has 2 heterocycles. The Balaban J connectivity index is 1.70. The van der Waals surface area contributed by atoms with Crippen molar-refractivity contribution in [1.82, 2.24) is 14.7 Å². The van der Waals surface area contributed by atoms with E-state index in [-0.39, 0.29) is 30.9 Å². The number of methoxy groups -OCH3 is 1. The highest BCUT2D eigenvalue weighted by molar-refractivity contribution is 8.00. The van der Waals surface area contributed by atoms with E-state index in [1.54, 1.807) is 0 Å². The molecule has 2 aromatic rings. The summed E-state index contributed by atoms with van der Waals surface area (Å²) in [6.07, 6.45) is 0. The van der Waals surface area contributed by atoms with Crippen molar-refractivity contribution < 1.29 is 23.1 Å². The summed E-state index contributed by atoms with van der Waals surface area (Å²) in [6.45, 7) is 0.379. The van der Waals surface area contributed by atoms with Crippen LogP contribution in [0.4, 0.5) is 4.39 Å². The Morgan fingerprint density at radius 2 is 2.12 bits per heavy atom. The fourth-order valence-electron chi connectivity index (χ4n) is 2.49. The molecule has 0 saturated carbocycles. The van der Waals surface area contributed by atoms with E-state index >= 15 is 0 Å². The minimum atomic E-state index is -0.784. The Bertz CT molecular complexity index is 864. The molecule has 0 aliphatic carbocycles. The number of hydrogen-bond donors (Lipinski definition) is 0. The third-order valence-electron chi connectivity index (χ3n) is 3.87. The van der Waals surface area contributed by atoms with Crippen LogP contribution in [-0.2, 0) is 20.9 Å². The molecule has 138 valence electrons. The molecule has 1 amide bonds. The van der Waals surface area contributed by atoms with E-state index in [4.69, 9.17) is 9.15 Å². The SMILES string of the molecule is COC(=O)[C@@H]1CN(C(=O)Cn2nc(-c3ccc(F)cc3)oc2=O)CCS1. The molecule has 0 radical (unpaired) electrons. The Labute approximate surface area is 151 Å². The highest BCUT2D eigenvalue weighted by Gasteiger charge is 2.30. The standard InChI is InChI=1S/C16H16FN3O5S/c1-24-15(22)12-8-19(6-7-26-12)13(21)9-20-16(23)25-14(18-20)10-2-4-11(17)5-3-10/h2-5,12H,6-9H2,1H3/t12-/m0/s1. The molecule has 1 aliphatic rings. The third kappa shape index (κ3) is 3.96. The second-order valence-corrected chi connectivity index (χ2v) is 6.87. The average Bonchev–Trinajstić information content (AvgIpc) is 3.02. The quantitative estimate of drug-likeness (QED) is 0.722. The van der Waals surface area contributed by atoms with Gasteiger partial charge in [0.15, 0.2) is 0 Å². The zero-order valence-corrected chi connectivity index (χ0v) is 14.7. The maximum atomic E-state index is 13.0. The topological polar surface area (TPSA) is 94.6 Å². The number of nitrogens with zero attached hydrogens (tertiary/aromatic N) is 3. The van der Waals surface area contributed by atoms with Gasteiger partial charge in [0.2, 0.25) is 11.8 Å². The lowest BCUT2D eigenvalue weighted by molar-refractivity contribution is -0.141. The van der Waals surface area contributed by atoms with Gasteiger partial charge in [-0.05, 0) is 24.3 Å². The summed E-state index contributed by atoms with van der Waals surface area (Å²) in [6, 6.07) is 5.29. The molecule has 3 rings (SSSR count). The van der Waals surface area contributed by atoms with E-state index in [1.165, 1.54) is 48.0 Å². The fraction of sp³-hybridized carbons (Fsp3) is 0.375. The molecule has 1 fully saturated rings. The second kappa shape index (κ2) is 7.73. The second-order valence-electron chi connectivity index (χ2n) is 5.56. The lowest BCUT2D eigenvalue weighted by Gasteiger charge is -2.30. The summed E-state index contributed by atoms with van der Waals surface area (Å²) < 4.78 is 23.6. The number of esters is 1. The number of aromatic nitrogens is 2. The molecule has 1 atom stereocenters. The summed E-state index contributed by atoms with van der Waals surface area (Å²) >= 11 is 1.43. The summed E-state index contributed by atoms with van der Waals surface area (Å²) in [5.74, 6) is -1.34. The number of ether oxygens (including phenoxy) is 1. The van der Waals surface area contributed by atoms with E-state index in [2.05, 4.69) is 5.10 Å². The number of amides is 1. The molecular weight excluding hydrogens is 365 g/mol. The van der Waals surface area contributed by atoms with Gasteiger partial charge in [0.05, 0.1) is 7.11 Å². The Kier molecular flexibility index (Phi) is 5.40. The molecule has 1 saturated heterocycles. The van der Waals surface area contributed by atoms with Gasteiger partial charge in [-0.15, -0.1) is 16.9 Å². The van der Waals surface area contributed by atoms with Gasteiger partial charge in [-0.1, -0.05) is 0 Å². The molecular formula is C16H16FN3O5S. The van der Waals surface area contributed by atoms with Crippen molar-refractivity contribution in [1.29, 1.82) is 0 Å². The van der Waals surface area contributed by atoms with Crippen LogP contribution in [0.2, 0.25) is 0 Å². The highest BCUT2D eigenvalue weighted by atomic mass is 32.2. The lowest BCUT2D eigenvalue weighted by Crippen LogP contribution is -2.46. The van der Waals surface area contributed by atoms with Crippen molar-refractivity contribution in [3.05, 3.63) is 40.6 Å². The van der Waals surface area contributed by atoms with E-state index in [0.717, 1.165) is 4.68 Å². The molecule has 26 heavy (non-hydrogen) atoms. The number of halogens is 1. The number of thioether (sulfide) groups is 1. The number of hydrogen-bond acceptors (Lipinski definition) is 7. The molecule has 0 bridgehead atoms. The average molecular weight is 381 g/mol. The fourth-order valence-corrected chi connectivity index (χ4v) is 3.62. The van der Waals surface area contributed by atoms with Crippen LogP contribution in [0.5, 0.6) is 0 Å². The summed E-state index contributed by atoms with van der Waals surface area (Å²) in [5, 5.41) is 3.54.